The van der Waals surface area contributed by atoms with Crippen LogP contribution >= 0.6 is 23.7 Å². The minimum Gasteiger partial charge on any atom is -0.366 e. The Bertz CT molecular complexity index is 589. The summed E-state index contributed by atoms with van der Waals surface area (Å²) in [7, 11) is 0. The zero-order valence-corrected chi connectivity index (χ0v) is 16.1. The first-order valence-electron chi connectivity index (χ1n) is 8.65. The number of amides is 2. The molecule has 2 aliphatic heterocycles. The lowest BCUT2D eigenvalue weighted by Gasteiger charge is -2.32. The van der Waals surface area contributed by atoms with Gasteiger partial charge < -0.3 is 20.3 Å². The summed E-state index contributed by atoms with van der Waals surface area (Å²) in [5.41, 5.74) is 1.24. The molecule has 2 atom stereocenters. The van der Waals surface area contributed by atoms with Crippen LogP contribution in [-0.2, 0) is 27.3 Å². The summed E-state index contributed by atoms with van der Waals surface area (Å²) in [5, 5.41) is 8.13. The van der Waals surface area contributed by atoms with Gasteiger partial charge in [0.15, 0.2) is 0 Å². The number of nitrogens with one attached hydrogen (secondary N) is 2. The van der Waals surface area contributed by atoms with Crippen LogP contribution in [0.4, 0.5) is 0 Å². The van der Waals surface area contributed by atoms with E-state index < -0.39 is 12.1 Å². The normalized spacial score (nSPS) is 21.0. The Morgan fingerprint density at radius 3 is 3.08 bits per heavy atom. The molecule has 2 unspecified atom stereocenters. The number of nitrogens with zero attached hydrogens (tertiary/aromatic N) is 1. The zero-order valence-electron chi connectivity index (χ0n) is 14.5. The van der Waals surface area contributed by atoms with Gasteiger partial charge in [-0.3, -0.25) is 9.59 Å². The van der Waals surface area contributed by atoms with Gasteiger partial charge in [-0.1, -0.05) is 13.3 Å². The number of carbonyl (C=O) groups is 2. The SMILES string of the molecule is CCCC(NC(=O)C1CNCCO1)C(=O)N1CCc2sccc2C1.Cl. The van der Waals surface area contributed by atoms with E-state index in [1.165, 1.54) is 10.4 Å². The van der Waals surface area contributed by atoms with Crippen molar-refractivity contribution in [2.24, 2.45) is 0 Å². The minimum atomic E-state index is -0.504. The molecule has 3 heterocycles. The Hall–Kier alpha value is -1.15. The van der Waals surface area contributed by atoms with Crippen LogP contribution < -0.4 is 10.6 Å². The van der Waals surface area contributed by atoms with Gasteiger partial charge in [0.1, 0.15) is 12.1 Å². The van der Waals surface area contributed by atoms with Crippen molar-refractivity contribution < 1.29 is 14.3 Å². The number of thiophene rings is 1. The number of fused-ring (bicyclic) bond motifs is 1. The average molecular weight is 388 g/mol. The second-order valence-electron chi connectivity index (χ2n) is 6.29. The van der Waals surface area contributed by atoms with Crippen molar-refractivity contribution >= 4 is 35.6 Å². The summed E-state index contributed by atoms with van der Waals surface area (Å²) in [5.74, 6) is -0.173. The Balaban J connectivity index is 0.00000225. The summed E-state index contributed by atoms with van der Waals surface area (Å²) in [6.07, 6.45) is 1.90. The third kappa shape index (κ3) is 4.94. The molecule has 6 nitrogen and oxygen atoms in total. The van der Waals surface area contributed by atoms with E-state index in [-0.39, 0.29) is 24.2 Å². The van der Waals surface area contributed by atoms with Gasteiger partial charge in [-0.15, -0.1) is 23.7 Å². The molecular formula is C17H26ClN3O3S. The number of morpholine rings is 1. The van der Waals surface area contributed by atoms with E-state index in [1.807, 2.05) is 11.8 Å². The molecule has 2 amide bonds. The fraction of sp³-hybridized carbons (Fsp3) is 0.647. The third-order valence-electron chi connectivity index (χ3n) is 4.53. The Kier molecular flexibility index (Phi) is 7.68. The van der Waals surface area contributed by atoms with E-state index in [2.05, 4.69) is 22.1 Å². The third-order valence-corrected chi connectivity index (χ3v) is 5.55. The van der Waals surface area contributed by atoms with Crippen LogP contribution in [0.1, 0.15) is 30.2 Å². The summed E-state index contributed by atoms with van der Waals surface area (Å²) < 4.78 is 5.48. The number of hydrogen-bond donors (Lipinski definition) is 2. The lowest BCUT2D eigenvalue weighted by molar-refractivity contribution is -0.142. The van der Waals surface area contributed by atoms with Crippen molar-refractivity contribution in [2.75, 3.05) is 26.2 Å². The number of hydrogen-bond acceptors (Lipinski definition) is 5. The summed E-state index contributed by atoms with van der Waals surface area (Å²) >= 11 is 1.76. The van der Waals surface area contributed by atoms with Crippen molar-refractivity contribution in [2.45, 2.75) is 44.9 Å². The molecule has 1 saturated heterocycles. The molecule has 8 heteroatoms. The molecule has 25 heavy (non-hydrogen) atoms. The van der Waals surface area contributed by atoms with Crippen LogP contribution in [0.2, 0.25) is 0 Å². The molecule has 0 bridgehead atoms. The maximum absolute atomic E-state index is 12.9. The highest BCUT2D eigenvalue weighted by atomic mass is 35.5. The quantitative estimate of drug-likeness (QED) is 0.799. The predicted octanol–water partition coefficient (Wildman–Crippen LogP) is 1.33. The topological polar surface area (TPSA) is 70.7 Å². The number of ether oxygens (including phenoxy) is 1. The molecule has 1 aromatic rings. The highest BCUT2D eigenvalue weighted by Crippen LogP contribution is 2.24. The van der Waals surface area contributed by atoms with Crippen molar-refractivity contribution in [3.63, 3.8) is 0 Å². The van der Waals surface area contributed by atoms with Gasteiger partial charge in [0.25, 0.3) is 5.91 Å². The maximum atomic E-state index is 12.9. The van der Waals surface area contributed by atoms with Gasteiger partial charge >= 0.3 is 0 Å². The Morgan fingerprint density at radius 2 is 2.36 bits per heavy atom. The zero-order chi connectivity index (χ0) is 16.9. The number of carbonyl (C=O) groups excluding carboxylic acids is 2. The standard InChI is InChI=1S/C17H25N3O3S.ClH/c1-2-3-13(19-16(21)14-10-18-6-8-23-14)17(22)20-7-4-15-12(11-20)5-9-24-15;/h5,9,13-14,18H,2-4,6-8,10-11H2,1H3,(H,19,21);1H. The molecule has 0 aliphatic carbocycles. The van der Waals surface area contributed by atoms with Gasteiger partial charge in [0.2, 0.25) is 5.91 Å². The van der Waals surface area contributed by atoms with Gasteiger partial charge in [-0.25, -0.2) is 0 Å². The molecular weight excluding hydrogens is 362 g/mol. The van der Waals surface area contributed by atoms with E-state index in [4.69, 9.17) is 4.74 Å². The monoisotopic (exact) mass is 387 g/mol. The van der Waals surface area contributed by atoms with E-state index in [1.54, 1.807) is 11.3 Å². The minimum absolute atomic E-state index is 0. The fourth-order valence-corrected chi connectivity index (χ4v) is 4.09. The van der Waals surface area contributed by atoms with Crippen LogP contribution in [0.5, 0.6) is 0 Å². The first-order valence-corrected chi connectivity index (χ1v) is 9.53. The van der Waals surface area contributed by atoms with E-state index in [0.29, 0.717) is 26.1 Å². The van der Waals surface area contributed by atoms with Gasteiger partial charge in [0, 0.05) is 31.1 Å². The van der Waals surface area contributed by atoms with Crippen LogP contribution in [0.25, 0.3) is 0 Å². The van der Waals surface area contributed by atoms with Crippen molar-refractivity contribution in [1.29, 1.82) is 0 Å². The fourth-order valence-electron chi connectivity index (χ4n) is 3.20. The molecule has 3 rings (SSSR count). The molecule has 2 aliphatic rings. The summed E-state index contributed by atoms with van der Waals surface area (Å²) in [6.45, 7) is 5.19. The van der Waals surface area contributed by atoms with Crippen LogP contribution in [0.3, 0.4) is 0 Å². The van der Waals surface area contributed by atoms with Crippen molar-refractivity contribution in [3.8, 4) is 0 Å². The molecule has 0 spiro atoms. The second kappa shape index (κ2) is 9.52. The van der Waals surface area contributed by atoms with E-state index >= 15 is 0 Å². The van der Waals surface area contributed by atoms with E-state index in [0.717, 1.165) is 25.9 Å². The summed E-state index contributed by atoms with van der Waals surface area (Å²) in [4.78, 5) is 28.5. The molecule has 0 radical (unpaired) electrons. The predicted molar refractivity (Wildman–Crippen MR) is 100 cm³/mol. The van der Waals surface area contributed by atoms with Crippen LogP contribution in [-0.4, -0.2) is 55.1 Å². The first-order chi connectivity index (χ1) is 11.7. The van der Waals surface area contributed by atoms with Gasteiger partial charge in [-0.05, 0) is 29.9 Å². The number of rotatable bonds is 5. The molecule has 1 aromatic heterocycles. The van der Waals surface area contributed by atoms with Crippen molar-refractivity contribution in [3.05, 3.63) is 21.9 Å². The second-order valence-corrected chi connectivity index (χ2v) is 7.29. The molecule has 2 N–H and O–H groups in total. The van der Waals surface area contributed by atoms with Gasteiger partial charge in [0.05, 0.1) is 6.61 Å². The molecule has 140 valence electrons. The maximum Gasteiger partial charge on any atom is 0.251 e. The lowest BCUT2D eigenvalue weighted by Crippen LogP contribution is -2.55. The smallest absolute Gasteiger partial charge is 0.251 e. The van der Waals surface area contributed by atoms with E-state index in [9.17, 15) is 9.59 Å². The average Bonchev–Trinajstić information content (AvgIpc) is 3.09. The molecule has 0 saturated carbocycles. The largest absolute Gasteiger partial charge is 0.366 e. The number of halogens is 1. The Labute approximate surface area is 158 Å². The first kappa shape index (κ1) is 20.2. The van der Waals surface area contributed by atoms with Crippen molar-refractivity contribution in [1.82, 2.24) is 15.5 Å². The van der Waals surface area contributed by atoms with Crippen LogP contribution in [0.15, 0.2) is 11.4 Å². The Morgan fingerprint density at radius 1 is 1.52 bits per heavy atom. The lowest BCUT2D eigenvalue weighted by atomic mass is 10.1. The van der Waals surface area contributed by atoms with Gasteiger partial charge in [-0.2, -0.15) is 0 Å². The molecule has 1 fully saturated rings. The molecule has 0 aromatic carbocycles. The summed E-state index contributed by atoms with van der Waals surface area (Å²) in [6, 6.07) is 1.63. The highest BCUT2D eigenvalue weighted by Gasteiger charge is 2.31. The highest BCUT2D eigenvalue weighted by molar-refractivity contribution is 7.10. The van der Waals surface area contributed by atoms with Crippen LogP contribution in [0, 0.1) is 0 Å².